The lowest BCUT2D eigenvalue weighted by molar-refractivity contribution is 0.101. The number of nitrogens with zero attached hydrogens (tertiary/aromatic N) is 2. The molecule has 6 N–H and O–H groups in total. The minimum Gasteiger partial charge on any atom is -0.392 e. The fourth-order valence-corrected chi connectivity index (χ4v) is 8.43. The number of aromatic nitrogens is 2. The molecule has 2 amide bonds. The number of rotatable bonds is 13. The smallest absolute Gasteiger partial charge is 0.274 e. The number of hydrogen-bond acceptors (Lipinski definition) is 8. The highest BCUT2D eigenvalue weighted by molar-refractivity contribution is 6.05. The minimum absolute atomic E-state index is 0.108. The molecule has 54 heavy (non-hydrogen) atoms. The molecule has 4 aromatic rings. The van der Waals surface area contributed by atoms with Crippen molar-refractivity contribution in [2.24, 2.45) is 0 Å². The molecule has 0 aliphatic heterocycles. The lowest BCUT2D eigenvalue weighted by Crippen LogP contribution is -2.35. The summed E-state index contributed by atoms with van der Waals surface area (Å²) in [6.45, 7) is 5.27. The largest absolute Gasteiger partial charge is 0.392 e. The number of amides is 2. The van der Waals surface area contributed by atoms with Gasteiger partial charge in [0, 0.05) is 48.9 Å². The van der Waals surface area contributed by atoms with Gasteiger partial charge in [-0.2, -0.15) is 0 Å². The zero-order chi connectivity index (χ0) is 37.3. The second kappa shape index (κ2) is 15.7. The fourth-order valence-electron chi connectivity index (χ4n) is 8.43. The molecule has 0 spiro atoms. The van der Waals surface area contributed by atoms with E-state index in [1.807, 2.05) is 74.8 Å². The normalized spacial score (nSPS) is 22.4. The van der Waals surface area contributed by atoms with Gasteiger partial charge in [-0.05, 0) is 159 Å². The third kappa shape index (κ3) is 7.98. The SMILES string of the molecule is Cc1c(NC(=O)c2cc(C3CC3)c(CNC3CCC[C@@H]3O)cn2)cccc1-c1cccc(NC(=O)c2cc(C3CC3)c(CN[C@H]3CCC[C@@H]3O)cn2)c1C. The predicted octanol–water partition coefficient (Wildman–Crippen LogP) is 7.03. The van der Waals surface area contributed by atoms with Gasteiger partial charge in [0.15, 0.2) is 0 Å². The molecule has 2 aromatic carbocycles. The molecule has 0 saturated heterocycles. The molecular weight excluding hydrogens is 677 g/mol. The second-order valence-electron chi connectivity index (χ2n) is 15.9. The van der Waals surface area contributed by atoms with Crippen LogP contribution in [-0.4, -0.2) is 56.3 Å². The van der Waals surface area contributed by atoms with E-state index in [4.69, 9.17) is 0 Å². The third-order valence-electron chi connectivity index (χ3n) is 12.1. The summed E-state index contributed by atoms with van der Waals surface area (Å²) in [5, 5.41) is 33.8. The number of carbonyl (C=O) groups excluding carboxylic acids is 2. The molecule has 4 fully saturated rings. The minimum atomic E-state index is -0.302. The number of aliphatic hydroxyl groups excluding tert-OH is 2. The number of carbonyl (C=O) groups is 2. The van der Waals surface area contributed by atoms with E-state index >= 15 is 0 Å². The molecular formula is C44H52N6O4. The molecule has 2 aromatic heterocycles. The van der Waals surface area contributed by atoms with E-state index in [1.54, 1.807) is 0 Å². The Hall–Kier alpha value is -4.48. The molecule has 1 unspecified atom stereocenters. The van der Waals surface area contributed by atoms with Crippen LogP contribution in [0.5, 0.6) is 0 Å². The first kappa shape index (κ1) is 36.5. The van der Waals surface area contributed by atoms with E-state index < -0.39 is 0 Å². The van der Waals surface area contributed by atoms with Crippen molar-refractivity contribution >= 4 is 23.2 Å². The zero-order valence-corrected chi connectivity index (χ0v) is 31.3. The van der Waals surface area contributed by atoms with Crippen molar-refractivity contribution in [2.75, 3.05) is 10.6 Å². The van der Waals surface area contributed by atoms with Crippen LogP contribution >= 0.6 is 0 Å². The van der Waals surface area contributed by atoms with Crippen molar-refractivity contribution in [3.05, 3.63) is 106 Å². The lowest BCUT2D eigenvalue weighted by atomic mass is 9.94. The molecule has 0 radical (unpaired) electrons. The summed E-state index contributed by atoms with van der Waals surface area (Å²) in [6.07, 6.45) is 13.2. The highest BCUT2D eigenvalue weighted by Crippen LogP contribution is 2.43. The standard InChI is InChI=1S/C44H52N6O4/c1-25-31(7-3-9-35(25)49-43(53)39-19-33(27-15-16-27)29(23-47-39)21-45-37-11-5-13-41(37)51)32-8-4-10-36(26(32)2)50-44(54)40-20-34(28-17-18-28)30(24-48-40)22-46-38-12-6-14-42(38)52/h3-4,7-10,19-20,23-24,27-28,37-38,41-42,45-46,51-52H,5-6,11-18,21-22H2,1-2H3,(H,49,53)(H,50,54)/t37-,38?,41-,42-/m0/s1. The van der Waals surface area contributed by atoms with Crippen LogP contribution in [0.2, 0.25) is 0 Å². The van der Waals surface area contributed by atoms with Crippen LogP contribution in [0.4, 0.5) is 11.4 Å². The third-order valence-corrected chi connectivity index (χ3v) is 12.1. The van der Waals surface area contributed by atoms with Gasteiger partial charge in [-0.25, -0.2) is 0 Å². The summed E-state index contributed by atoms with van der Waals surface area (Å²) in [6, 6.07) is 15.9. The van der Waals surface area contributed by atoms with Gasteiger partial charge in [0.1, 0.15) is 11.4 Å². The molecule has 8 rings (SSSR count). The highest BCUT2D eigenvalue weighted by Gasteiger charge is 2.31. The number of anilines is 2. The molecule has 10 nitrogen and oxygen atoms in total. The highest BCUT2D eigenvalue weighted by atomic mass is 16.3. The van der Waals surface area contributed by atoms with E-state index in [1.165, 1.54) is 11.1 Å². The van der Waals surface area contributed by atoms with Gasteiger partial charge in [0.25, 0.3) is 11.8 Å². The van der Waals surface area contributed by atoms with Crippen molar-refractivity contribution in [2.45, 2.75) is 127 Å². The number of hydrogen-bond donors (Lipinski definition) is 6. The van der Waals surface area contributed by atoms with E-state index in [0.717, 1.165) is 97.6 Å². The maximum Gasteiger partial charge on any atom is 0.274 e. The van der Waals surface area contributed by atoms with E-state index in [0.29, 0.717) is 47.7 Å². The molecule has 282 valence electrons. The van der Waals surface area contributed by atoms with Gasteiger partial charge in [0.05, 0.1) is 12.2 Å². The molecule has 4 aliphatic carbocycles. The van der Waals surface area contributed by atoms with Crippen LogP contribution in [-0.2, 0) is 13.1 Å². The van der Waals surface area contributed by atoms with Crippen LogP contribution < -0.4 is 21.3 Å². The topological polar surface area (TPSA) is 148 Å². The summed E-state index contributed by atoms with van der Waals surface area (Å²) in [5.74, 6) is 0.383. The molecule has 4 saturated carbocycles. The van der Waals surface area contributed by atoms with Crippen molar-refractivity contribution in [3.8, 4) is 11.1 Å². The average Bonchev–Trinajstić information content (AvgIpc) is 4.12. The first-order valence-electron chi connectivity index (χ1n) is 19.9. The fraction of sp³-hybridized carbons (Fsp3) is 0.455. The van der Waals surface area contributed by atoms with Gasteiger partial charge in [-0.3, -0.25) is 19.6 Å². The lowest BCUT2D eigenvalue weighted by Gasteiger charge is -2.19. The Morgan fingerprint density at radius 2 is 1.06 bits per heavy atom. The molecule has 0 bridgehead atoms. The zero-order valence-electron chi connectivity index (χ0n) is 31.3. The summed E-state index contributed by atoms with van der Waals surface area (Å²) >= 11 is 0. The van der Waals surface area contributed by atoms with Crippen molar-refractivity contribution in [1.82, 2.24) is 20.6 Å². The van der Waals surface area contributed by atoms with Gasteiger partial charge in [0.2, 0.25) is 0 Å². The Morgan fingerprint density at radius 3 is 1.43 bits per heavy atom. The Labute approximate surface area is 317 Å². The Balaban J connectivity index is 0.959. The van der Waals surface area contributed by atoms with E-state index in [-0.39, 0.29) is 36.1 Å². The van der Waals surface area contributed by atoms with Gasteiger partial charge in [-0.15, -0.1) is 0 Å². The summed E-state index contributed by atoms with van der Waals surface area (Å²) in [7, 11) is 0. The number of nitrogens with one attached hydrogen (secondary N) is 4. The molecule has 4 aliphatic rings. The Bertz CT molecular complexity index is 1900. The molecule has 4 atom stereocenters. The van der Waals surface area contributed by atoms with Crippen LogP contribution in [0.25, 0.3) is 11.1 Å². The Morgan fingerprint density at radius 1 is 0.630 bits per heavy atom. The van der Waals surface area contributed by atoms with Gasteiger partial charge in [-0.1, -0.05) is 24.3 Å². The van der Waals surface area contributed by atoms with Crippen molar-refractivity contribution < 1.29 is 19.8 Å². The van der Waals surface area contributed by atoms with Crippen molar-refractivity contribution in [3.63, 3.8) is 0 Å². The van der Waals surface area contributed by atoms with E-state index in [9.17, 15) is 19.8 Å². The monoisotopic (exact) mass is 728 g/mol. The predicted molar refractivity (Wildman–Crippen MR) is 211 cm³/mol. The van der Waals surface area contributed by atoms with Crippen LogP contribution in [0.1, 0.15) is 130 Å². The van der Waals surface area contributed by atoms with Crippen LogP contribution in [0.15, 0.2) is 60.9 Å². The summed E-state index contributed by atoms with van der Waals surface area (Å²) < 4.78 is 0. The van der Waals surface area contributed by atoms with Gasteiger partial charge >= 0.3 is 0 Å². The quantitative estimate of drug-likeness (QED) is 0.0861. The molecule has 2 heterocycles. The number of benzene rings is 2. The first-order chi connectivity index (χ1) is 26.2. The summed E-state index contributed by atoms with van der Waals surface area (Å²) in [4.78, 5) is 36.4. The first-order valence-corrected chi connectivity index (χ1v) is 19.9. The number of pyridine rings is 2. The average molecular weight is 729 g/mol. The van der Waals surface area contributed by atoms with E-state index in [2.05, 4.69) is 31.2 Å². The van der Waals surface area contributed by atoms with Crippen LogP contribution in [0.3, 0.4) is 0 Å². The number of aliphatic hydroxyl groups is 2. The van der Waals surface area contributed by atoms with Crippen LogP contribution in [0, 0.1) is 13.8 Å². The Kier molecular flexibility index (Phi) is 10.6. The maximum atomic E-state index is 13.6. The van der Waals surface area contributed by atoms with Crippen molar-refractivity contribution in [1.29, 1.82) is 0 Å². The second-order valence-corrected chi connectivity index (χ2v) is 15.9. The van der Waals surface area contributed by atoms with Gasteiger partial charge < -0.3 is 31.5 Å². The maximum absolute atomic E-state index is 13.6. The summed E-state index contributed by atoms with van der Waals surface area (Å²) in [5.41, 5.74) is 10.5. The molecule has 10 heteroatoms.